The monoisotopic (exact) mass is 216 g/mol. The molecule has 0 bridgehead atoms. The van der Waals surface area contributed by atoms with E-state index in [9.17, 15) is 4.79 Å². The predicted octanol–water partition coefficient (Wildman–Crippen LogP) is 0.714. The quantitative estimate of drug-likeness (QED) is 0.755. The van der Waals surface area contributed by atoms with Crippen LogP contribution in [0, 0.1) is 0 Å². The minimum absolute atomic E-state index is 0.0294. The number of nitrogens with zero attached hydrogens (tertiary/aromatic N) is 3. The van der Waals surface area contributed by atoms with Crippen molar-refractivity contribution < 1.29 is 4.79 Å². The summed E-state index contributed by atoms with van der Waals surface area (Å²) in [6.45, 7) is 4.39. The molecule has 78 valence electrons. The van der Waals surface area contributed by atoms with Crippen LogP contribution in [0.5, 0.6) is 0 Å². The molecule has 0 aliphatic heterocycles. The van der Waals surface area contributed by atoms with Crippen LogP contribution in [-0.4, -0.2) is 26.8 Å². The summed E-state index contributed by atoms with van der Waals surface area (Å²) in [6, 6.07) is 0.278. The third-order valence-electron chi connectivity index (χ3n) is 1.67. The Balaban J connectivity index is 2.48. The number of carbonyl (C=O) groups is 1. The number of hydrogen-bond donors (Lipinski definition) is 1. The third-order valence-corrected chi connectivity index (χ3v) is 1.92. The van der Waals surface area contributed by atoms with E-state index in [-0.39, 0.29) is 17.8 Å². The van der Waals surface area contributed by atoms with Gasteiger partial charge in [-0.25, -0.2) is 4.68 Å². The fourth-order valence-corrected chi connectivity index (χ4v) is 0.978. The first kappa shape index (κ1) is 11.0. The normalized spacial score (nSPS) is 10.6. The Morgan fingerprint density at radius 2 is 2.43 bits per heavy atom. The van der Waals surface area contributed by atoms with E-state index in [1.165, 1.54) is 0 Å². The number of amides is 1. The summed E-state index contributed by atoms with van der Waals surface area (Å²) in [6.07, 6.45) is 1.80. The Morgan fingerprint density at radius 3 is 2.93 bits per heavy atom. The van der Waals surface area contributed by atoms with Crippen LogP contribution in [0.3, 0.4) is 0 Å². The third kappa shape index (κ3) is 2.99. The van der Waals surface area contributed by atoms with E-state index >= 15 is 0 Å². The van der Waals surface area contributed by atoms with E-state index in [2.05, 4.69) is 15.6 Å². The van der Waals surface area contributed by atoms with Crippen molar-refractivity contribution in [1.82, 2.24) is 20.3 Å². The Kier molecular flexibility index (Phi) is 3.88. The van der Waals surface area contributed by atoms with Crippen LogP contribution in [0.4, 0.5) is 0 Å². The van der Waals surface area contributed by atoms with Crippen molar-refractivity contribution in [3.63, 3.8) is 0 Å². The minimum atomic E-state index is -0.203. The number of alkyl halides is 1. The summed E-state index contributed by atoms with van der Waals surface area (Å²) in [5.74, 6) is -0.232. The summed E-state index contributed by atoms with van der Waals surface area (Å²) in [5.41, 5.74) is 0.733. The highest BCUT2D eigenvalue weighted by Gasteiger charge is 2.04. The van der Waals surface area contributed by atoms with Gasteiger partial charge in [0.25, 0.3) is 0 Å². The fraction of sp³-hybridized carbons (Fsp3) is 0.625. The molecule has 0 radical (unpaired) electrons. The van der Waals surface area contributed by atoms with Crippen LogP contribution in [0.2, 0.25) is 0 Å². The maximum Gasteiger partial charge on any atom is 0.235 e. The summed E-state index contributed by atoms with van der Waals surface area (Å²) < 4.78 is 1.74. The second-order valence-electron chi connectivity index (χ2n) is 3.19. The molecule has 0 spiro atoms. The molecule has 5 nitrogen and oxygen atoms in total. The van der Waals surface area contributed by atoms with Crippen molar-refractivity contribution >= 4 is 17.5 Å². The minimum Gasteiger partial charge on any atom is -0.349 e. The van der Waals surface area contributed by atoms with Crippen molar-refractivity contribution in [2.75, 3.05) is 5.88 Å². The lowest BCUT2D eigenvalue weighted by molar-refractivity contribution is -0.118. The standard InChI is InChI=1S/C8H13ClN4O/c1-6(2)13-5-7(11-12-13)4-10-8(14)3-9/h5-6H,3-4H2,1-2H3,(H,10,14). The molecule has 1 aromatic heterocycles. The Labute approximate surface area is 87.4 Å². The van der Waals surface area contributed by atoms with Gasteiger partial charge < -0.3 is 5.32 Å². The van der Waals surface area contributed by atoms with Gasteiger partial charge in [-0.1, -0.05) is 5.21 Å². The van der Waals surface area contributed by atoms with Crippen LogP contribution in [0.15, 0.2) is 6.20 Å². The van der Waals surface area contributed by atoms with Gasteiger partial charge in [0.2, 0.25) is 5.91 Å². The first-order valence-electron chi connectivity index (χ1n) is 4.37. The van der Waals surface area contributed by atoms with E-state index in [4.69, 9.17) is 11.6 Å². The Morgan fingerprint density at radius 1 is 1.71 bits per heavy atom. The smallest absolute Gasteiger partial charge is 0.235 e. The average Bonchev–Trinajstić information content (AvgIpc) is 2.62. The molecule has 0 fully saturated rings. The number of rotatable bonds is 4. The van der Waals surface area contributed by atoms with Crippen molar-refractivity contribution in [3.8, 4) is 0 Å². The van der Waals surface area contributed by atoms with Crippen molar-refractivity contribution in [1.29, 1.82) is 0 Å². The molecular formula is C8H13ClN4O. The summed E-state index contributed by atoms with van der Waals surface area (Å²) in [7, 11) is 0. The van der Waals surface area contributed by atoms with Crippen molar-refractivity contribution in [3.05, 3.63) is 11.9 Å². The number of nitrogens with one attached hydrogen (secondary N) is 1. The van der Waals surface area contributed by atoms with Gasteiger partial charge in [-0.2, -0.15) is 0 Å². The highest BCUT2D eigenvalue weighted by atomic mass is 35.5. The van der Waals surface area contributed by atoms with E-state index < -0.39 is 0 Å². The highest BCUT2D eigenvalue weighted by Crippen LogP contribution is 2.01. The largest absolute Gasteiger partial charge is 0.349 e. The number of hydrogen-bond acceptors (Lipinski definition) is 3. The topological polar surface area (TPSA) is 59.8 Å². The van der Waals surface area contributed by atoms with E-state index in [0.717, 1.165) is 5.69 Å². The molecule has 1 heterocycles. The van der Waals surface area contributed by atoms with Gasteiger partial charge in [-0.15, -0.1) is 16.7 Å². The maximum absolute atomic E-state index is 10.8. The fourth-order valence-electron chi connectivity index (χ4n) is 0.883. The lowest BCUT2D eigenvalue weighted by Gasteiger charge is -2.01. The van der Waals surface area contributed by atoms with E-state index in [1.807, 2.05) is 13.8 Å². The van der Waals surface area contributed by atoms with Gasteiger partial charge in [0.15, 0.2) is 0 Å². The van der Waals surface area contributed by atoms with Crippen LogP contribution in [-0.2, 0) is 11.3 Å². The molecule has 1 aromatic rings. The number of aromatic nitrogens is 3. The van der Waals surface area contributed by atoms with Crippen molar-refractivity contribution in [2.45, 2.75) is 26.4 Å². The van der Waals surface area contributed by atoms with Gasteiger partial charge in [-0.3, -0.25) is 4.79 Å². The van der Waals surface area contributed by atoms with Gasteiger partial charge in [0, 0.05) is 6.04 Å². The van der Waals surface area contributed by atoms with Gasteiger partial charge in [-0.05, 0) is 13.8 Å². The lowest BCUT2D eigenvalue weighted by Crippen LogP contribution is -2.23. The second kappa shape index (κ2) is 4.95. The summed E-state index contributed by atoms with van der Waals surface area (Å²) >= 11 is 5.32. The SMILES string of the molecule is CC(C)n1cc(CNC(=O)CCl)nn1. The van der Waals surface area contributed by atoms with E-state index in [1.54, 1.807) is 10.9 Å². The molecular weight excluding hydrogens is 204 g/mol. The first-order valence-corrected chi connectivity index (χ1v) is 4.90. The molecule has 0 unspecified atom stereocenters. The number of carbonyl (C=O) groups excluding carboxylic acids is 1. The molecule has 1 amide bonds. The molecule has 0 aliphatic carbocycles. The van der Waals surface area contributed by atoms with Gasteiger partial charge in [0.05, 0.1) is 12.7 Å². The molecule has 1 N–H and O–H groups in total. The van der Waals surface area contributed by atoms with Crippen LogP contribution in [0.1, 0.15) is 25.6 Å². The zero-order valence-corrected chi connectivity index (χ0v) is 8.95. The molecule has 0 saturated carbocycles. The summed E-state index contributed by atoms with van der Waals surface area (Å²) in [4.78, 5) is 10.8. The molecule has 6 heteroatoms. The van der Waals surface area contributed by atoms with Crippen molar-refractivity contribution in [2.24, 2.45) is 0 Å². The van der Waals surface area contributed by atoms with Crippen LogP contribution < -0.4 is 5.32 Å². The maximum atomic E-state index is 10.8. The second-order valence-corrected chi connectivity index (χ2v) is 3.46. The molecule has 0 aromatic carbocycles. The zero-order chi connectivity index (χ0) is 10.6. The molecule has 0 saturated heterocycles. The molecule has 0 atom stereocenters. The Bertz CT molecular complexity index is 310. The molecule has 14 heavy (non-hydrogen) atoms. The Hall–Kier alpha value is -1.10. The van der Waals surface area contributed by atoms with Gasteiger partial charge in [0.1, 0.15) is 11.6 Å². The molecule has 1 rings (SSSR count). The first-order chi connectivity index (χ1) is 6.63. The van der Waals surface area contributed by atoms with Crippen LogP contribution >= 0.6 is 11.6 Å². The summed E-state index contributed by atoms with van der Waals surface area (Å²) in [5, 5.41) is 10.4. The lowest BCUT2D eigenvalue weighted by atomic mass is 10.4. The van der Waals surface area contributed by atoms with E-state index in [0.29, 0.717) is 6.54 Å². The molecule has 0 aliphatic rings. The number of halogens is 1. The van der Waals surface area contributed by atoms with Gasteiger partial charge >= 0.3 is 0 Å². The highest BCUT2D eigenvalue weighted by molar-refractivity contribution is 6.27. The average molecular weight is 217 g/mol. The zero-order valence-electron chi connectivity index (χ0n) is 8.20. The van der Waals surface area contributed by atoms with Crippen LogP contribution in [0.25, 0.3) is 0 Å². The predicted molar refractivity (Wildman–Crippen MR) is 53.0 cm³/mol.